The molecule has 0 heterocycles. The Morgan fingerprint density at radius 1 is 1.53 bits per heavy atom. The molecule has 3 nitrogen and oxygen atoms in total. The number of aliphatic carboxylic acids is 1. The molecule has 0 aliphatic rings. The molecule has 1 atom stereocenters. The summed E-state index contributed by atoms with van der Waals surface area (Å²) < 4.78 is 13.3. The molecule has 1 unspecified atom stereocenters. The Kier molecular flexibility index (Phi) is 6.00. The summed E-state index contributed by atoms with van der Waals surface area (Å²) in [5.74, 6) is -0.543. The summed E-state index contributed by atoms with van der Waals surface area (Å²) in [6.45, 7) is 2.47. The lowest BCUT2D eigenvalue weighted by molar-refractivity contribution is -0.139. The van der Waals surface area contributed by atoms with Gasteiger partial charge in [-0.1, -0.05) is 19.1 Å². The minimum atomic E-state index is -0.860. The summed E-state index contributed by atoms with van der Waals surface area (Å²) in [5.41, 5.74) is 0. The van der Waals surface area contributed by atoms with Crippen LogP contribution in [0.1, 0.15) is 13.3 Å². The van der Waals surface area contributed by atoms with Crippen molar-refractivity contribution in [3.8, 4) is 0 Å². The number of carbonyl (C=O) groups is 1. The van der Waals surface area contributed by atoms with Gasteiger partial charge in [-0.15, -0.1) is 11.8 Å². The van der Waals surface area contributed by atoms with Gasteiger partial charge in [0.1, 0.15) is 11.9 Å². The summed E-state index contributed by atoms with van der Waals surface area (Å²) in [6, 6.07) is 5.95. The molecule has 0 aliphatic carbocycles. The molecule has 0 spiro atoms. The molecule has 5 heteroatoms. The fraction of sp³-hybridized carbons (Fsp3) is 0.417. The highest BCUT2D eigenvalue weighted by molar-refractivity contribution is 7.99. The van der Waals surface area contributed by atoms with E-state index in [0.29, 0.717) is 23.6 Å². The third kappa shape index (κ3) is 4.75. The Morgan fingerprint density at radius 3 is 2.82 bits per heavy atom. The van der Waals surface area contributed by atoms with E-state index in [1.54, 1.807) is 18.2 Å². The Balaban J connectivity index is 2.41. The van der Waals surface area contributed by atoms with Gasteiger partial charge < -0.3 is 10.4 Å². The number of carboxylic acid groups (broad SMARTS) is 1. The molecule has 0 saturated heterocycles. The van der Waals surface area contributed by atoms with E-state index in [1.807, 2.05) is 6.92 Å². The van der Waals surface area contributed by atoms with Crippen molar-refractivity contribution in [2.45, 2.75) is 24.3 Å². The Labute approximate surface area is 104 Å². The van der Waals surface area contributed by atoms with Crippen LogP contribution in [0.4, 0.5) is 4.39 Å². The first-order chi connectivity index (χ1) is 8.15. The minimum absolute atomic E-state index is 0.257. The molecule has 0 amide bonds. The minimum Gasteiger partial charge on any atom is -0.480 e. The molecular weight excluding hydrogens is 241 g/mol. The number of likely N-dealkylation sites (N-methyl/N-ethyl adjacent to an activating group) is 1. The maximum atomic E-state index is 13.3. The van der Waals surface area contributed by atoms with E-state index in [2.05, 4.69) is 5.32 Å². The Morgan fingerprint density at radius 2 is 2.24 bits per heavy atom. The van der Waals surface area contributed by atoms with Gasteiger partial charge in [0.05, 0.1) is 0 Å². The SMILES string of the molecule is CCNC(CCSc1ccccc1F)C(=O)O. The summed E-state index contributed by atoms with van der Waals surface area (Å²) in [7, 11) is 0. The second kappa shape index (κ2) is 7.29. The van der Waals surface area contributed by atoms with Crippen LogP contribution in [0.5, 0.6) is 0 Å². The van der Waals surface area contributed by atoms with Gasteiger partial charge in [-0.25, -0.2) is 4.39 Å². The normalized spacial score (nSPS) is 12.4. The largest absolute Gasteiger partial charge is 0.480 e. The highest BCUT2D eigenvalue weighted by atomic mass is 32.2. The third-order valence-corrected chi connectivity index (χ3v) is 3.33. The van der Waals surface area contributed by atoms with Crippen molar-refractivity contribution in [1.82, 2.24) is 5.32 Å². The average molecular weight is 257 g/mol. The van der Waals surface area contributed by atoms with Crippen LogP contribution < -0.4 is 5.32 Å². The highest BCUT2D eigenvalue weighted by Crippen LogP contribution is 2.22. The molecule has 0 aliphatic heterocycles. The van der Waals surface area contributed by atoms with Crippen molar-refractivity contribution in [2.24, 2.45) is 0 Å². The summed E-state index contributed by atoms with van der Waals surface area (Å²) in [4.78, 5) is 11.4. The van der Waals surface area contributed by atoms with Crippen LogP contribution in [0, 0.1) is 5.82 Å². The summed E-state index contributed by atoms with van der Waals surface area (Å²) >= 11 is 1.34. The van der Waals surface area contributed by atoms with Crippen LogP contribution in [0.15, 0.2) is 29.2 Å². The highest BCUT2D eigenvalue weighted by Gasteiger charge is 2.15. The lowest BCUT2D eigenvalue weighted by Gasteiger charge is -2.12. The van der Waals surface area contributed by atoms with Gasteiger partial charge in [0.2, 0.25) is 0 Å². The van der Waals surface area contributed by atoms with Crippen molar-refractivity contribution < 1.29 is 14.3 Å². The number of benzene rings is 1. The van der Waals surface area contributed by atoms with Crippen molar-refractivity contribution in [1.29, 1.82) is 0 Å². The van der Waals surface area contributed by atoms with Gasteiger partial charge in [0, 0.05) is 10.6 Å². The van der Waals surface area contributed by atoms with E-state index < -0.39 is 12.0 Å². The fourth-order valence-corrected chi connectivity index (χ4v) is 2.36. The van der Waals surface area contributed by atoms with E-state index in [-0.39, 0.29) is 5.82 Å². The summed E-state index contributed by atoms with van der Waals surface area (Å²) in [6.07, 6.45) is 0.474. The first-order valence-electron chi connectivity index (χ1n) is 5.48. The monoisotopic (exact) mass is 257 g/mol. The molecule has 1 aromatic rings. The number of rotatable bonds is 7. The zero-order valence-corrected chi connectivity index (χ0v) is 10.5. The Hall–Kier alpha value is -1.07. The third-order valence-electron chi connectivity index (χ3n) is 2.25. The molecular formula is C12H16FNO2S. The van der Waals surface area contributed by atoms with E-state index in [1.165, 1.54) is 17.8 Å². The van der Waals surface area contributed by atoms with Gasteiger partial charge in [0.25, 0.3) is 0 Å². The quantitative estimate of drug-likeness (QED) is 0.736. The fourth-order valence-electron chi connectivity index (χ4n) is 1.41. The molecule has 0 fully saturated rings. The number of hydrogen-bond acceptors (Lipinski definition) is 3. The molecule has 0 aromatic heterocycles. The molecule has 0 saturated carbocycles. The molecule has 0 bridgehead atoms. The van der Waals surface area contributed by atoms with Crippen LogP contribution in [0.3, 0.4) is 0 Å². The van der Waals surface area contributed by atoms with Crippen LogP contribution in [0.25, 0.3) is 0 Å². The van der Waals surface area contributed by atoms with Crippen LogP contribution in [0.2, 0.25) is 0 Å². The number of thioether (sulfide) groups is 1. The average Bonchev–Trinajstić information content (AvgIpc) is 2.30. The second-order valence-corrected chi connectivity index (χ2v) is 4.65. The lowest BCUT2D eigenvalue weighted by atomic mass is 10.2. The predicted octanol–water partition coefficient (Wildman–Crippen LogP) is 2.37. The van der Waals surface area contributed by atoms with Crippen molar-refractivity contribution in [2.75, 3.05) is 12.3 Å². The standard InChI is InChI=1S/C12H16FNO2S/c1-2-14-10(12(15)16)7-8-17-11-6-4-3-5-9(11)13/h3-6,10,14H,2,7-8H2,1H3,(H,15,16). The van der Waals surface area contributed by atoms with E-state index >= 15 is 0 Å². The number of carboxylic acids is 1. The zero-order valence-electron chi connectivity index (χ0n) is 9.65. The topological polar surface area (TPSA) is 49.3 Å². The summed E-state index contributed by atoms with van der Waals surface area (Å²) in [5, 5.41) is 11.8. The van der Waals surface area contributed by atoms with Crippen LogP contribution >= 0.6 is 11.8 Å². The van der Waals surface area contributed by atoms with E-state index in [4.69, 9.17) is 5.11 Å². The predicted molar refractivity (Wildman–Crippen MR) is 66.8 cm³/mol. The molecule has 1 aromatic carbocycles. The first kappa shape index (κ1) is 14.0. The first-order valence-corrected chi connectivity index (χ1v) is 6.47. The molecule has 1 rings (SSSR count). The lowest BCUT2D eigenvalue weighted by Crippen LogP contribution is -2.36. The van der Waals surface area contributed by atoms with E-state index in [9.17, 15) is 9.18 Å². The van der Waals surface area contributed by atoms with Gasteiger partial charge in [-0.05, 0) is 25.1 Å². The molecule has 17 heavy (non-hydrogen) atoms. The van der Waals surface area contributed by atoms with Crippen LogP contribution in [-0.2, 0) is 4.79 Å². The molecule has 2 N–H and O–H groups in total. The Bertz CT molecular complexity index is 373. The number of hydrogen-bond donors (Lipinski definition) is 2. The van der Waals surface area contributed by atoms with Crippen molar-refractivity contribution >= 4 is 17.7 Å². The van der Waals surface area contributed by atoms with Gasteiger partial charge in [-0.3, -0.25) is 4.79 Å². The maximum absolute atomic E-state index is 13.3. The second-order valence-electron chi connectivity index (χ2n) is 3.52. The van der Waals surface area contributed by atoms with Gasteiger partial charge in [0.15, 0.2) is 0 Å². The number of nitrogens with one attached hydrogen (secondary N) is 1. The van der Waals surface area contributed by atoms with Crippen molar-refractivity contribution in [3.05, 3.63) is 30.1 Å². The van der Waals surface area contributed by atoms with Crippen LogP contribution in [-0.4, -0.2) is 29.4 Å². The maximum Gasteiger partial charge on any atom is 0.320 e. The van der Waals surface area contributed by atoms with Gasteiger partial charge in [-0.2, -0.15) is 0 Å². The van der Waals surface area contributed by atoms with Crippen molar-refractivity contribution in [3.63, 3.8) is 0 Å². The smallest absolute Gasteiger partial charge is 0.320 e. The molecule has 0 radical (unpaired) electrons. The van der Waals surface area contributed by atoms with Gasteiger partial charge >= 0.3 is 5.97 Å². The number of halogens is 1. The molecule has 94 valence electrons. The van der Waals surface area contributed by atoms with E-state index in [0.717, 1.165) is 0 Å². The zero-order chi connectivity index (χ0) is 12.7.